The molecule has 0 radical (unpaired) electrons. The third-order valence-corrected chi connectivity index (χ3v) is 4.41. The van der Waals surface area contributed by atoms with E-state index in [0.29, 0.717) is 12.0 Å². The summed E-state index contributed by atoms with van der Waals surface area (Å²) in [6.07, 6.45) is 6.13. The van der Waals surface area contributed by atoms with E-state index in [9.17, 15) is 9.59 Å². The van der Waals surface area contributed by atoms with Gasteiger partial charge in [-0.2, -0.15) is 0 Å². The summed E-state index contributed by atoms with van der Waals surface area (Å²) < 4.78 is 0. The molecule has 0 spiro atoms. The third-order valence-electron chi connectivity index (χ3n) is 4.15. The predicted molar refractivity (Wildman–Crippen MR) is 92.8 cm³/mol. The molecule has 1 aliphatic heterocycles. The van der Waals surface area contributed by atoms with Crippen LogP contribution in [-0.4, -0.2) is 35.0 Å². The Morgan fingerprint density at radius 3 is 2.67 bits per heavy atom. The Morgan fingerprint density at radius 2 is 1.96 bits per heavy atom. The van der Waals surface area contributed by atoms with Crippen molar-refractivity contribution in [2.45, 2.75) is 38.5 Å². The minimum Gasteiger partial charge on any atom is -0.339 e. The summed E-state index contributed by atoms with van der Waals surface area (Å²) in [5, 5.41) is 9.26. The molecular formula is C18H23ClN2O3. The van der Waals surface area contributed by atoms with Gasteiger partial charge in [0.2, 0.25) is 11.8 Å². The van der Waals surface area contributed by atoms with Crippen molar-refractivity contribution in [3.63, 3.8) is 0 Å². The molecule has 0 atom stereocenters. The lowest BCUT2D eigenvalue weighted by Crippen LogP contribution is -2.36. The number of carbonyl (C=O) groups excluding carboxylic acids is 2. The molecule has 0 bridgehead atoms. The number of hydrogen-bond donors (Lipinski definition) is 2. The standard InChI is InChI=1S/C18H23ClN2O3/c19-16-9-6-14(7-10-16)4-1-2-12-21-13-3-5-15(18(21)23)8-11-17(22)20-24/h5-7,9-10,24H,1-4,8,11-13H2,(H,20,22). The zero-order valence-corrected chi connectivity index (χ0v) is 14.4. The van der Waals surface area contributed by atoms with Crippen molar-refractivity contribution < 1.29 is 14.8 Å². The molecule has 0 unspecified atom stereocenters. The first kappa shape index (κ1) is 18.5. The number of hydrogen-bond acceptors (Lipinski definition) is 3. The highest BCUT2D eigenvalue weighted by Crippen LogP contribution is 2.17. The first-order valence-corrected chi connectivity index (χ1v) is 8.63. The quantitative estimate of drug-likeness (QED) is 0.430. The van der Waals surface area contributed by atoms with Gasteiger partial charge < -0.3 is 4.90 Å². The normalized spacial score (nSPS) is 14.5. The van der Waals surface area contributed by atoms with Crippen LogP contribution < -0.4 is 5.48 Å². The van der Waals surface area contributed by atoms with Crippen molar-refractivity contribution >= 4 is 23.4 Å². The van der Waals surface area contributed by atoms with Crippen LogP contribution in [0.4, 0.5) is 0 Å². The van der Waals surface area contributed by atoms with E-state index in [2.05, 4.69) is 0 Å². The Labute approximate surface area is 147 Å². The van der Waals surface area contributed by atoms with Crippen molar-refractivity contribution in [2.24, 2.45) is 0 Å². The number of aryl methyl sites for hydroxylation is 1. The van der Waals surface area contributed by atoms with Gasteiger partial charge in [0.15, 0.2) is 0 Å². The summed E-state index contributed by atoms with van der Waals surface area (Å²) >= 11 is 5.87. The molecule has 1 heterocycles. The van der Waals surface area contributed by atoms with Gasteiger partial charge in [-0.3, -0.25) is 14.8 Å². The highest BCUT2D eigenvalue weighted by molar-refractivity contribution is 6.30. The SMILES string of the molecule is O=C(CCC1=CCCN(CCCCc2ccc(Cl)cc2)C1=O)NO. The fraction of sp³-hybridized carbons (Fsp3) is 0.444. The van der Waals surface area contributed by atoms with Crippen LogP contribution >= 0.6 is 11.6 Å². The van der Waals surface area contributed by atoms with E-state index < -0.39 is 5.91 Å². The molecule has 130 valence electrons. The van der Waals surface area contributed by atoms with Gasteiger partial charge in [-0.1, -0.05) is 29.8 Å². The highest BCUT2D eigenvalue weighted by Gasteiger charge is 2.21. The van der Waals surface area contributed by atoms with Crippen molar-refractivity contribution in [3.05, 3.63) is 46.5 Å². The van der Waals surface area contributed by atoms with Crippen LogP contribution in [0.1, 0.15) is 37.7 Å². The average Bonchev–Trinajstić information content (AvgIpc) is 2.60. The second-order valence-corrected chi connectivity index (χ2v) is 6.37. The maximum absolute atomic E-state index is 12.4. The average molecular weight is 351 g/mol. The molecule has 0 aliphatic carbocycles. The van der Waals surface area contributed by atoms with E-state index in [0.717, 1.165) is 43.8 Å². The van der Waals surface area contributed by atoms with Gasteiger partial charge >= 0.3 is 0 Å². The van der Waals surface area contributed by atoms with Crippen LogP contribution in [0.2, 0.25) is 5.02 Å². The maximum atomic E-state index is 12.4. The number of benzene rings is 1. The van der Waals surface area contributed by atoms with Gasteiger partial charge in [0.05, 0.1) is 0 Å². The van der Waals surface area contributed by atoms with E-state index in [-0.39, 0.29) is 12.3 Å². The summed E-state index contributed by atoms with van der Waals surface area (Å²) in [7, 11) is 0. The van der Waals surface area contributed by atoms with E-state index in [4.69, 9.17) is 16.8 Å². The largest absolute Gasteiger partial charge is 0.339 e. The number of carbonyl (C=O) groups is 2. The lowest BCUT2D eigenvalue weighted by Gasteiger charge is -2.27. The number of amides is 2. The van der Waals surface area contributed by atoms with E-state index >= 15 is 0 Å². The first-order valence-electron chi connectivity index (χ1n) is 8.26. The zero-order valence-electron chi connectivity index (χ0n) is 13.6. The summed E-state index contributed by atoms with van der Waals surface area (Å²) in [4.78, 5) is 25.3. The van der Waals surface area contributed by atoms with Crippen molar-refractivity contribution in [2.75, 3.05) is 13.1 Å². The van der Waals surface area contributed by atoms with Gasteiger partial charge in [-0.15, -0.1) is 0 Å². The molecule has 1 aliphatic rings. The number of hydroxylamine groups is 1. The summed E-state index contributed by atoms with van der Waals surface area (Å²) in [6, 6.07) is 7.85. The molecule has 2 rings (SSSR count). The van der Waals surface area contributed by atoms with Crippen molar-refractivity contribution in [1.82, 2.24) is 10.4 Å². The highest BCUT2D eigenvalue weighted by atomic mass is 35.5. The Balaban J connectivity index is 1.72. The molecule has 0 aromatic heterocycles. The van der Waals surface area contributed by atoms with Crippen LogP contribution in [-0.2, 0) is 16.0 Å². The molecule has 0 saturated carbocycles. The van der Waals surface area contributed by atoms with Crippen LogP contribution in [0.3, 0.4) is 0 Å². The Kier molecular flexibility index (Phi) is 7.28. The summed E-state index contributed by atoms with van der Waals surface area (Å²) in [5.74, 6) is -0.456. The number of unbranched alkanes of at least 4 members (excludes halogenated alkanes) is 1. The molecule has 0 fully saturated rings. The Morgan fingerprint density at radius 1 is 1.21 bits per heavy atom. The molecule has 2 amide bonds. The smallest absolute Gasteiger partial charge is 0.249 e. The third kappa shape index (κ3) is 5.65. The lowest BCUT2D eigenvalue weighted by molar-refractivity contribution is -0.129. The van der Waals surface area contributed by atoms with Crippen LogP contribution in [0, 0.1) is 0 Å². The number of nitrogens with one attached hydrogen (secondary N) is 1. The molecule has 6 heteroatoms. The summed E-state index contributed by atoms with van der Waals surface area (Å²) in [6.45, 7) is 1.46. The topological polar surface area (TPSA) is 69.6 Å². The van der Waals surface area contributed by atoms with E-state index in [1.807, 2.05) is 35.2 Å². The van der Waals surface area contributed by atoms with E-state index in [1.54, 1.807) is 5.48 Å². The van der Waals surface area contributed by atoms with Gasteiger partial charge in [-0.05, 0) is 49.8 Å². The molecule has 24 heavy (non-hydrogen) atoms. The van der Waals surface area contributed by atoms with Gasteiger partial charge in [-0.25, -0.2) is 5.48 Å². The predicted octanol–water partition coefficient (Wildman–Crippen LogP) is 3.11. The van der Waals surface area contributed by atoms with Gasteiger partial charge in [0.25, 0.3) is 0 Å². The van der Waals surface area contributed by atoms with Crippen molar-refractivity contribution in [1.29, 1.82) is 0 Å². The zero-order chi connectivity index (χ0) is 17.4. The summed E-state index contributed by atoms with van der Waals surface area (Å²) in [5.41, 5.74) is 3.51. The van der Waals surface area contributed by atoms with Crippen LogP contribution in [0.15, 0.2) is 35.9 Å². The monoisotopic (exact) mass is 350 g/mol. The minimum atomic E-state index is -0.469. The maximum Gasteiger partial charge on any atom is 0.249 e. The molecule has 2 N–H and O–H groups in total. The lowest BCUT2D eigenvalue weighted by atomic mass is 10.0. The fourth-order valence-corrected chi connectivity index (χ4v) is 2.92. The van der Waals surface area contributed by atoms with Gasteiger partial charge in [0, 0.05) is 30.1 Å². The Hall–Kier alpha value is -1.85. The fourth-order valence-electron chi connectivity index (χ4n) is 2.80. The first-order chi connectivity index (χ1) is 11.6. The second-order valence-electron chi connectivity index (χ2n) is 5.93. The number of rotatable bonds is 8. The van der Waals surface area contributed by atoms with E-state index in [1.165, 1.54) is 5.56 Å². The molecule has 5 nitrogen and oxygen atoms in total. The second kappa shape index (κ2) is 9.45. The number of nitrogens with zero attached hydrogens (tertiary/aromatic N) is 1. The molecule has 0 saturated heterocycles. The minimum absolute atomic E-state index is 0.0125. The molecule has 1 aromatic rings. The van der Waals surface area contributed by atoms with Crippen LogP contribution in [0.25, 0.3) is 0 Å². The Bertz CT molecular complexity index is 599. The van der Waals surface area contributed by atoms with Crippen LogP contribution in [0.5, 0.6) is 0 Å². The van der Waals surface area contributed by atoms with Crippen molar-refractivity contribution in [3.8, 4) is 0 Å². The number of halogens is 1. The molecule has 1 aromatic carbocycles. The van der Waals surface area contributed by atoms with Gasteiger partial charge in [0.1, 0.15) is 0 Å². The molecular weight excluding hydrogens is 328 g/mol.